The summed E-state index contributed by atoms with van der Waals surface area (Å²) in [5, 5.41) is 7.42. The van der Waals surface area contributed by atoms with Crippen LogP contribution in [-0.4, -0.2) is 41.3 Å². The van der Waals surface area contributed by atoms with Crippen LogP contribution in [0.15, 0.2) is 42.7 Å². The van der Waals surface area contributed by atoms with Crippen LogP contribution in [0.25, 0.3) is 5.82 Å². The molecule has 2 aromatic heterocycles. The summed E-state index contributed by atoms with van der Waals surface area (Å²) in [6, 6.07) is 9.22. The first-order valence-electron chi connectivity index (χ1n) is 8.64. The third kappa shape index (κ3) is 5.33. The Morgan fingerprint density at radius 3 is 2.64 bits per heavy atom. The quantitative estimate of drug-likeness (QED) is 0.557. The molecule has 0 saturated carbocycles. The highest BCUT2D eigenvalue weighted by molar-refractivity contribution is 7.88. The van der Waals surface area contributed by atoms with Crippen LogP contribution >= 0.6 is 0 Å². The molecule has 0 radical (unpaired) electrons. The minimum absolute atomic E-state index is 0.164. The topological polar surface area (TPSA) is 102 Å². The fourth-order valence-electron chi connectivity index (χ4n) is 2.71. The van der Waals surface area contributed by atoms with Crippen LogP contribution in [0.2, 0.25) is 0 Å². The van der Waals surface area contributed by atoms with Crippen molar-refractivity contribution in [2.75, 3.05) is 18.4 Å². The summed E-state index contributed by atoms with van der Waals surface area (Å²) in [5.41, 5.74) is 2.23. The van der Waals surface area contributed by atoms with Crippen LogP contribution in [0.3, 0.4) is 0 Å². The molecule has 8 nitrogen and oxygen atoms in total. The van der Waals surface area contributed by atoms with Gasteiger partial charge in [-0.25, -0.2) is 32.2 Å². The van der Waals surface area contributed by atoms with Crippen LogP contribution in [0.4, 0.5) is 10.2 Å². The molecule has 0 bridgehead atoms. The zero-order chi connectivity index (χ0) is 20.1. The van der Waals surface area contributed by atoms with E-state index in [-0.39, 0.29) is 12.3 Å². The van der Waals surface area contributed by atoms with E-state index < -0.39 is 15.8 Å². The minimum Gasteiger partial charge on any atom is -0.369 e. The Balaban J connectivity index is 1.54. The lowest BCUT2D eigenvalue weighted by Crippen LogP contribution is -2.30. The van der Waals surface area contributed by atoms with Crippen molar-refractivity contribution >= 4 is 15.8 Å². The molecule has 0 fully saturated rings. The Labute approximate surface area is 162 Å². The summed E-state index contributed by atoms with van der Waals surface area (Å²) >= 11 is 0. The Hall–Kier alpha value is -2.85. The molecule has 148 valence electrons. The van der Waals surface area contributed by atoms with E-state index in [1.807, 2.05) is 19.9 Å². The molecule has 10 heteroatoms. The zero-order valence-corrected chi connectivity index (χ0v) is 16.4. The van der Waals surface area contributed by atoms with Gasteiger partial charge < -0.3 is 5.32 Å². The van der Waals surface area contributed by atoms with Crippen LogP contribution in [0, 0.1) is 19.7 Å². The molecule has 0 aliphatic carbocycles. The highest BCUT2D eigenvalue weighted by atomic mass is 32.2. The van der Waals surface area contributed by atoms with E-state index in [1.165, 1.54) is 24.5 Å². The first kappa shape index (κ1) is 19.9. The number of nitrogens with zero attached hydrogens (tertiary/aromatic N) is 4. The fraction of sp³-hybridized carbons (Fsp3) is 0.278. The van der Waals surface area contributed by atoms with Gasteiger partial charge in [-0.05, 0) is 37.6 Å². The lowest BCUT2D eigenvalue weighted by atomic mass is 10.2. The standard InChI is InChI=1S/C18H21FN6O2S/c1-13-8-14(2)25(24-13)18-10-17(21-12-22-18)20-6-7-23-28(26,27)11-15-4-3-5-16(19)9-15/h3-5,8-10,12,23H,6-7,11H2,1-2H3,(H,20,21,22). The second-order valence-electron chi connectivity index (χ2n) is 6.31. The summed E-state index contributed by atoms with van der Waals surface area (Å²) in [7, 11) is -3.56. The summed E-state index contributed by atoms with van der Waals surface area (Å²) in [4.78, 5) is 8.34. The third-order valence-electron chi connectivity index (χ3n) is 3.88. The van der Waals surface area contributed by atoms with Crippen molar-refractivity contribution in [1.29, 1.82) is 0 Å². The number of aryl methyl sites for hydroxylation is 2. The fourth-order valence-corrected chi connectivity index (χ4v) is 3.85. The van der Waals surface area contributed by atoms with Crippen molar-refractivity contribution in [2.45, 2.75) is 19.6 Å². The van der Waals surface area contributed by atoms with Gasteiger partial charge in [-0.15, -0.1) is 0 Å². The monoisotopic (exact) mass is 404 g/mol. The summed E-state index contributed by atoms with van der Waals surface area (Å²) in [5.74, 6) is 0.438. The molecule has 0 atom stereocenters. The van der Waals surface area contributed by atoms with Crippen LogP contribution in [0.5, 0.6) is 0 Å². The van der Waals surface area contributed by atoms with E-state index >= 15 is 0 Å². The van der Waals surface area contributed by atoms with Gasteiger partial charge in [0.05, 0.1) is 11.4 Å². The lowest BCUT2D eigenvalue weighted by Gasteiger charge is -2.09. The van der Waals surface area contributed by atoms with Gasteiger partial charge in [0.2, 0.25) is 10.0 Å². The minimum atomic E-state index is -3.56. The van der Waals surface area contributed by atoms with E-state index in [0.717, 1.165) is 11.4 Å². The molecule has 0 saturated heterocycles. The molecule has 0 spiro atoms. The van der Waals surface area contributed by atoms with E-state index in [2.05, 4.69) is 25.1 Å². The molecule has 3 aromatic rings. The van der Waals surface area contributed by atoms with Gasteiger partial charge in [0.1, 0.15) is 18.0 Å². The van der Waals surface area contributed by atoms with Crippen LogP contribution in [0.1, 0.15) is 17.0 Å². The van der Waals surface area contributed by atoms with Crippen molar-refractivity contribution in [2.24, 2.45) is 0 Å². The molecule has 0 aliphatic rings. The summed E-state index contributed by atoms with van der Waals surface area (Å²) < 4.78 is 41.6. The maximum absolute atomic E-state index is 13.2. The van der Waals surface area contributed by atoms with Crippen molar-refractivity contribution < 1.29 is 12.8 Å². The number of anilines is 1. The van der Waals surface area contributed by atoms with E-state index in [1.54, 1.807) is 16.8 Å². The van der Waals surface area contributed by atoms with Gasteiger partial charge in [-0.1, -0.05) is 12.1 Å². The molecule has 2 N–H and O–H groups in total. The van der Waals surface area contributed by atoms with Gasteiger partial charge in [-0.3, -0.25) is 0 Å². The zero-order valence-electron chi connectivity index (χ0n) is 15.6. The predicted octanol–water partition coefficient (Wildman–Crippen LogP) is 1.95. The Bertz CT molecular complexity index is 1070. The molecule has 28 heavy (non-hydrogen) atoms. The first-order chi connectivity index (χ1) is 13.3. The normalized spacial score (nSPS) is 11.5. The van der Waals surface area contributed by atoms with Gasteiger partial charge in [0.25, 0.3) is 0 Å². The SMILES string of the molecule is Cc1cc(C)n(-c2cc(NCCNS(=O)(=O)Cc3cccc(F)c3)ncn2)n1. The molecule has 0 amide bonds. The van der Waals surface area contributed by atoms with Crippen molar-refractivity contribution in [1.82, 2.24) is 24.5 Å². The van der Waals surface area contributed by atoms with Crippen LogP contribution < -0.4 is 10.0 Å². The van der Waals surface area contributed by atoms with Gasteiger partial charge >= 0.3 is 0 Å². The smallest absolute Gasteiger partial charge is 0.215 e. The number of benzene rings is 1. The highest BCUT2D eigenvalue weighted by Crippen LogP contribution is 2.12. The molecule has 1 aromatic carbocycles. The number of hydrogen-bond donors (Lipinski definition) is 2. The van der Waals surface area contributed by atoms with Crippen molar-refractivity contribution in [3.05, 3.63) is 65.5 Å². The number of aromatic nitrogens is 4. The molecular weight excluding hydrogens is 383 g/mol. The molecular formula is C18H21FN6O2S. The van der Waals surface area contributed by atoms with Crippen molar-refractivity contribution in [3.63, 3.8) is 0 Å². The number of hydrogen-bond acceptors (Lipinski definition) is 6. The van der Waals surface area contributed by atoms with Crippen LogP contribution in [-0.2, 0) is 15.8 Å². The van der Waals surface area contributed by atoms with E-state index in [0.29, 0.717) is 23.7 Å². The lowest BCUT2D eigenvalue weighted by molar-refractivity contribution is 0.581. The largest absolute Gasteiger partial charge is 0.369 e. The maximum Gasteiger partial charge on any atom is 0.215 e. The van der Waals surface area contributed by atoms with Crippen molar-refractivity contribution in [3.8, 4) is 5.82 Å². The average Bonchev–Trinajstić information content (AvgIpc) is 2.97. The van der Waals surface area contributed by atoms with Gasteiger partial charge in [-0.2, -0.15) is 5.10 Å². The predicted molar refractivity (Wildman–Crippen MR) is 104 cm³/mol. The van der Waals surface area contributed by atoms with Gasteiger partial charge in [0.15, 0.2) is 5.82 Å². The summed E-state index contributed by atoms with van der Waals surface area (Å²) in [6.07, 6.45) is 1.42. The average molecular weight is 404 g/mol. The number of rotatable bonds is 8. The first-order valence-corrected chi connectivity index (χ1v) is 10.3. The number of nitrogens with one attached hydrogen (secondary N) is 2. The van der Waals surface area contributed by atoms with Gasteiger partial charge in [0, 0.05) is 24.8 Å². The Morgan fingerprint density at radius 1 is 1.11 bits per heavy atom. The molecule has 2 heterocycles. The second kappa shape index (κ2) is 8.44. The number of halogens is 1. The van der Waals surface area contributed by atoms with E-state index in [9.17, 15) is 12.8 Å². The Kier molecular flexibility index (Phi) is 6.00. The maximum atomic E-state index is 13.2. The second-order valence-corrected chi connectivity index (χ2v) is 8.12. The molecule has 0 aliphatic heterocycles. The third-order valence-corrected chi connectivity index (χ3v) is 5.24. The number of sulfonamides is 1. The highest BCUT2D eigenvalue weighted by Gasteiger charge is 2.11. The van der Waals surface area contributed by atoms with E-state index in [4.69, 9.17) is 0 Å². The summed E-state index contributed by atoms with van der Waals surface area (Å²) in [6.45, 7) is 4.33. The molecule has 3 rings (SSSR count). The Morgan fingerprint density at radius 2 is 1.93 bits per heavy atom. The molecule has 0 unspecified atom stereocenters.